The summed E-state index contributed by atoms with van der Waals surface area (Å²) in [7, 11) is 1.71. The zero-order chi connectivity index (χ0) is 20.5. The van der Waals surface area contributed by atoms with Crippen LogP contribution >= 0.6 is 23.6 Å². The van der Waals surface area contributed by atoms with Crippen LogP contribution < -0.4 is 5.32 Å². The Morgan fingerprint density at radius 2 is 2.00 bits per heavy atom. The van der Waals surface area contributed by atoms with Crippen LogP contribution in [0.1, 0.15) is 23.5 Å². The molecule has 1 aliphatic heterocycles. The van der Waals surface area contributed by atoms with Crippen molar-refractivity contribution in [1.82, 2.24) is 24.8 Å². The molecule has 0 bridgehead atoms. The van der Waals surface area contributed by atoms with Gasteiger partial charge in [0.25, 0.3) is 0 Å². The van der Waals surface area contributed by atoms with Crippen LogP contribution in [0.3, 0.4) is 0 Å². The summed E-state index contributed by atoms with van der Waals surface area (Å²) < 4.78 is 8.69. The fourth-order valence-electron chi connectivity index (χ4n) is 3.93. The zero-order valence-corrected chi connectivity index (χ0v) is 18.1. The molecule has 152 valence electrons. The second-order valence-electron chi connectivity index (χ2n) is 7.08. The molecule has 0 radical (unpaired) electrons. The van der Waals surface area contributed by atoms with Gasteiger partial charge in [0.1, 0.15) is 0 Å². The molecule has 0 saturated carbocycles. The number of hydrogen-bond acceptors (Lipinski definition) is 5. The predicted molar refractivity (Wildman–Crippen MR) is 123 cm³/mol. The van der Waals surface area contributed by atoms with Crippen LogP contribution in [-0.4, -0.2) is 44.8 Å². The van der Waals surface area contributed by atoms with Crippen LogP contribution in [0.4, 0.5) is 0 Å². The topological polar surface area (TPSA) is 55.2 Å². The number of methoxy groups -OCH3 is 1. The van der Waals surface area contributed by atoms with Crippen molar-refractivity contribution in [3.8, 4) is 5.13 Å². The summed E-state index contributed by atoms with van der Waals surface area (Å²) in [6, 6.07) is 18.3. The van der Waals surface area contributed by atoms with Crippen molar-refractivity contribution < 1.29 is 4.74 Å². The lowest BCUT2D eigenvalue weighted by molar-refractivity contribution is 0.163. The summed E-state index contributed by atoms with van der Waals surface area (Å²) in [4.78, 5) is 11.7. The zero-order valence-electron chi connectivity index (χ0n) is 16.4. The lowest BCUT2D eigenvalue weighted by atomic mass is 10.0. The van der Waals surface area contributed by atoms with E-state index in [2.05, 4.69) is 44.2 Å². The Morgan fingerprint density at radius 3 is 2.80 bits per heavy atom. The Labute approximate surface area is 184 Å². The minimum atomic E-state index is -0.0569. The number of rotatable bonds is 6. The molecule has 0 aliphatic carbocycles. The molecule has 6 nitrogen and oxygen atoms in total. The summed E-state index contributed by atoms with van der Waals surface area (Å²) in [5.41, 5.74) is 3.09. The largest absolute Gasteiger partial charge is 0.383 e. The number of benzene rings is 1. The van der Waals surface area contributed by atoms with Gasteiger partial charge in [0, 0.05) is 26.0 Å². The van der Waals surface area contributed by atoms with E-state index < -0.39 is 0 Å². The van der Waals surface area contributed by atoms with Gasteiger partial charge in [-0.25, -0.2) is 4.98 Å². The molecule has 1 aromatic carbocycles. The molecule has 2 atom stereocenters. The number of nitrogens with zero attached hydrogens (tertiary/aromatic N) is 4. The molecule has 1 fully saturated rings. The van der Waals surface area contributed by atoms with E-state index in [1.165, 1.54) is 4.70 Å². The van der Waals surface area contributed by atoms with Gasteiger partial charge in [-0.1, -0.05) is 29.5 Å². The van der Waals surface area contributed by atoms with Gasteiger partial charge in [-0.05, 0) is 48.6 Å². The maximum atomic E-state index is 5.70. The summed E-state index contributed by atoms with van der Waals surface area (Å²) in [6.07, 6.45) is 3.89. The maximum Gasteiger partial charge on any atom is 0.194 e. The lowest BCUT2D eigenvalue weighted by Crippen LogP contribution is -2.33. The number of thiocarbonyl (C=S) groups is 1. The second kappa shape index (κ2) is 8.14. The van der Waals surface area contributed by atoms with E-state index >= 15 is 0 Å². The molecular formula is C22H21N5OS2. The maximum absolute atomic E-state index is 5.70. The van der Waals surface area contributed by atoms with E-state index in [1.807, 2.05) is 42.6 Å². The van der Waals surface area contributed by atoms with E-state index in [-0.39, 0.29) is 12.1 Å². The van der Waals surface area contributed by atoms with Crippen molar-refractivity contribution in [1.29, 1.82) is 0 Å². The van der Waals surface area contributed by atoms with Crippen molar-refractivity contribution in [3.63, 3.8) is 0 Å². The summed E-state index contributed by atoms with van der Waals surface area (Å²) >= 11 is 7.39. The monoisotopic (exact) mass is 435 g/mol. The highest BCUT2D eigenvalue weighted by Crippen LogP contribution is 2.40. The van der Waals surface area contributed by atoms with Crippen molar-refractivity contribution >= 4 is 38.9 Å². The van der Waals surface area contributed by atoms with Gasteiger partial charge in [0.2, 0.25) is 0 Å². The van der Waals surface area contributed by atoms with Crippen LogP contribution in [0.2, 0.25) is 0 Å². The Morgan fingerprint density at radius 1 is 1.13 bits per heavy atom. The Hall–Kier alpha value is -2.81. The number of pyridine rings is 1. The number of thiazole rings is 1. The van der Waals surface area contributed by atoms with Crippen LogP contribution in [0.15, 0.2) is 67.0 Å². The van der Waals surface area contributed by atoms with E-state index in [1.54, 1.807) is 18.4 Å². The van der Waals surface area contributed by atoms with E-state index in [9.17, 15) is 0 Å². The first-order valence-corrected chi connectivity index (χ1v) is 11.0. The predicted octanol–water partition coefficient (Wildman–Crippen LogP) is 4.10. The number of ether oxygens (including phenoxy) is 1. The van der Waals surface area contributed by atoms with Gasteiger partial charge in [-0.3, -0.25) is 9.55 Å². The average Bonchev–Trinajstić information content (AvgIpc) is 3.49. The normalized spacial score (nSPS) is 18.8. The molecule has 4 heterocycles. The van der Waals surface area contributed by atoms with Gasteiger partial charge in [-0.15, -0.1) is 0 Å². The molecule has 1 saturated heterocycles. The van der Waals surface area contributed by atoms with Crippen LogP contribution in [0.25, 0.3) is 15.3 Å². The van der Waals surface area contributed by atoms with Crippen molar-refractivity contribution in [2.45, 2.75) is 12.1 Å². The minimum Gasteiger partial charge on any atom is -0.383 e. The summed E-state index contributed by atoms with van der Waals surface area (Å²) in [6.45, 7) is 1.29. The molecule has 4 aromatic rings. The molecule has 0 spiro atoms. The van der Waals surface area contributed by atoms with Crippen molar-refractivity contribution in [3.05, 3.63) is 78.4 Å². The second-order valence-corrected chi connectivity index (χ2v) is 8.48. The molecule has 3 aromatic heterocycles. The van der Waals surface area contributed by atoms with Gasteiger partial charge in [0.05, 0.1) is 40.3 Å². The fraction of sp³-hybridized carbons (Fsp3) is 0.227. The van der Waals surface area contributed by atoms with Crippen LogP contribution in [0.5, 0.6) is 0 Å². The van der Waals surface area contributed by atoms with E-state index in [0.717, 1.165) is 22.0 Å². The first kappa shape index (κ1) is 19.2. The number of para-hydroxylation sites is 1. The average molecular weight is 436 g/mol. The molecular weight excluding hydrogens is 414 g/mol. The first-order valence-electron chi connectivity index (χ1n) is 9.76. The molecule has 5 rings (SSSR count). The number of aromatic nitrogens is 3. The third-order valence-electron chi connectivity index (χ3n) is 5.31. The lowest BCUT2D eigenvalue weighted by Gasteiger charge is -2.28. The number of hydrogen-bond donors (Lipinski definition) is 1. The quantitative estimate of drug-likeness (QED) is 0.460. The summed E-state index contributed by atoms with van der Waals surface area (Å²) in [5.74, 6) is 0. The van der Waals surface area contributed by atoms with Crippen LogP contribution in [0, 0.1) is 0 Å². The molecule has 0 amide bonds. The fourth-order valence-corrected chi connectivity index (χ4v) is 5.23. The Kier molecular flexibility index (Phi) is 5.20. The third-order valence-corrected chi connectivity index (χ3v) is 6.69. The smallest absolute Gasteiger partial charge is 0.194 e. The van der Waals surface area contributed by atoms with Gasteiger partial charge >= 0.3 is 0 Å². The molecule has 8 heteroatoms. The number of nitrogens with one attached hydrogen (secondary N) is 1. The molecule has 1 N–H and O–H groups in total. The van der Waals surface area contributed by atoms with Crippen LogP contribution in [-0.2, 0) is 4.74 Å². The summed E-state index contributed by atoms with van der Waals surface area (Å²) in [5, 5.41) is 5.14. The van der Waals surface area contributed by atoms with Crippen molar-refractivity contribution in [2.24, 2.45) is 0 Å². The highest BCUT2D eigenvalue weighted by molar-refractivity contribution is 7.80. The first-order chi connectivity index (χ1) is 14.8. The van der Waals surface area contributed by atoms with Gasteiger partial charge < -0.3 is 15.0 Å². The van der Waals surface area contributed by atoms with E-state index in [4.69, 9.17) is 21.9 Å². The highest BCUT2D eigenvalue weighted by atomic mass is 32.1. The van der Waals surface area contributed by atoms with E-state index in [0.29, 0.717) is 18.3 Å². The Balaban J connectivity index is 1.60. The molecule has 1 aliphatic rings. The standard InChI is InChI=1S/C22H21N5OS2/c1-28-14-13-27-20(19(25-21(27)29)16-8-4-5-11-23-16)17-9-6-12-26(17)22-24-15-7-2-3-10-18(15)30-22/h2-12,19-20H,13-14H2,1H3,(H,25,29). The van der Waals surface area contributed by atoms with Gasteiger partial charge in [0.15, 0.2) is 10.2 Å². The highest BCUT2D eigenvalue weighted by Gasteiger charge is 2.41. The molecule has 30 heavy (non-hydrogen) atoms. The third kappa shape index (κ3) is 3.36. The number of fused-ring (bicyclic) bond motifs is 1. The SMILES string of the molecule is COCCN1C(=S)NC(c2ccccn2)C1c1cccn1-c1nc2ccccc2s1. The van der Waals surface area contributed by atoms with Gasteiger partial charge in [-0.2, -0.15) is 0 Å². The Bertz CT molecular complexity index is 1140. The van der Waals surface area contributed by atoms with Crippen molar-refractivity contribution in [2.75, 3.05) is 20.3 Å². The molecule has 2 unspecified atom stereocenters. The minimum absolute atomic E-state index is 0.0236.